The lowest BCUT2D eigenvalue weighted by Gasteiger charge is -2.36. The Morgan fingerprint density at radius 1 is 1.53 bits per heavy atom. The van der Waals surface area contributed by atoms with Crippen LogP contribution in [-0.2, 0) is 4.74 Å². The summed E-state index contributed by atoms with van der Waals surface area (Å²) in [5.41, 5.74) is 0.495. The van der Waals surface area contributed by atoms with Gasteiger partial charge < -0.3 is 9.64 Å². The Balaban J connectivity index is 2.09. The highest BCUT2D eigenvalue weighted by atomic mass is 35.5. The first-order valence-corrected chi connectivity index (χ1v) is 6.00. The highest BCUT2D eigenvalue weighted by molar-refractivity contribution is 6.18. The molecule has 1 fully saturated rings. The summed E-state index contributed by atoms with van der Waals surface area (Å²) in [4.78, 5) is 21.6. The van der Waals surface area contributed by atoms with Crippen molar-refractivity contribution in [1.82, 2.24) is 14.9 Å². The molecule has 17 heavy (non-hydrogen) atoms. The van der Waals surface area contributed by atoms with Gasteiger partial charge in [0, 0.05) is 25.5 Å². The Labute approximate surface area is 105 Å². The molecule has 5 nitrogen and oxygen atoms in total. The van der Waals surface area contributed by atoms with Gasteiger partial charge in [-0.05, 0) is 6.92 Å². The van der Waals surface area contributed by atoms with Crippen molar-refractivity contribution in [3.63, 3.8) is 0 Å². The molecule has 1 aromatic rings. The zero-order valence-corrected chi connectivity index (χ0v) is 10.3. The fourth-order valence-electron chi connectivity index (χ4n) is 1.89. The van der Waals surface area contributed by atoms with Crippen molar-refractivity contribution >= 4 is 17.5 Å². The maximum absolute atomic E-state index is 12.2. The van der Waals surface area contributed by atoms with E-state index in [2.05, 4.69) is 9.97 Å². The van der Waals surface area contributed by atoms with Crippen LogP contribution in [0.15, 0.2) is 18.7 Å². The van der Waals surface area contributed by atoms with E-state index >= 15 is 0 Å². The second kappa shape index (κ2) is 5.42. The highest BCUT2D eigenvalue weighted by Crippen LogP contribution is 2.14. The lowest BCUT2D eigenvalue weighted by atomic mass is 10.2. The molecule has 2 heterocycles. The topological polar surface area (TPSA) is 55.3 Å². The van der Waals surface area contributed by atoms with Crippen molar-refractivity contribution in [3.05, 3.63) is 24.3 Å². The lowest BCUT2D eigenvalue weighted by Crippen LogP contribution is -2.49. The molecule has 0 saturated carbocycles. The van der Waals surface area contributed by atoms with Gasteiger partial charge in [-0.3, -0.25) is 4.79 Å². The van der Waals surface area contributed by atoms with Gasteiger partial charge >= 0.3 is 0 Å². The number of morpholine rings is 1. The Bertz CT molecular complexity index is 388. The number of hydrogen-bond acceptors (Lipinski definition) is 4. The normalized spacial score (nSPS) is 24.7. The van der Waals surface area contributed by atoms with E-state index in [0.29, 0.717) is 24.5 Å². The van der Waals surface area contributed by atoms with Gasteiger partial charge in [0.05, 0.1) is 23.7 Å². The molecule has 2 unspecified atom stereocenters. The minimum absolute atomic E-state index is 0.00100. The monoisotopic (exact) mass is 255 g/mol. The second-order valence-corrected chi connectivity index (χ2v) is 4.37. The van der Waals surface area contributed by atoms with Gasteiger partial charge in [0.2, 0.25) is 0 Å². The molecule has 6 heteroatoms. The summed E-state index contributed by atoms with van der Waals surface area (Å²) < 4.78 is 5.59. The molecular formula is C11H14ClN3O2. The maximum atomic E-state index is 12.2. The van der Waals surface area contributed by atoms with E-state index in [4.69, 9.17) is 16.3 Å². The van der Waals surface area contributed by atoms with Crippen LogP contribution in [0.3, 0.4) is 0 Å². The fourth-order valence-corrected chi connectivity index (χ4v) is 2.06. The quantitative estimate of drug-likeness (QED) is 0.739. The summed E-state index contributed by atoms with van der Waals surface area (Å²) in [5.74, 6) is 0.315. The number of ether oxygens (including phenoxy) is 1. The van der Waals surface area contributed by atoms with Crippen molar-refractivity contribution < 1.29 is 9.53 Å². The Morgan fingerprint density at radius 3 is 2.88 bits per heavy atom. The van der Waals surface area contributed by atoms with Crippen LogP contribution in [0, 0.1) is 0 Å². The molecule has 1 aliphatic heterocycles. The zero-order chi connectivity index (χ0) is 12.3. The third-order valence-corrected chi connectivity index (χ3v) is 2.94. The third-order valence-electron chi connectivity index (χ3n) is 2.59. The summed E-state index contributed by atoms with van der Waals surface area (Å²) in [6.07, 6.45) is 4.34. The van der Waals surface area contributed by atoms with E-state index in [9.17, 15) is 4.79 Å². The minimum atomic E-state index is -0.103. The predicted octanol–water partition coefficient (Wildman–Crippen LogP) is 0.945. The smallest absolute Gasteiger partial charge is 0.257 e. The predicted molar refractivity (Wildman–Crippen MR) is 63.0 cm³/mol. The second-order valence-electron chi connectivity index (χ2n) is 4.06. The van der Waals surface area contributed by atoms with E-state index < -0.39 is 0 Å². The van der Waals surface area contributed by atoms with Crippen LogP contribution in [0.5, 0.6) is 0 Å². The van der Waals surface area contributed by atoms with Gasteiger partial charge in [-0.1, -0.05) is 0 Å². The molecule has 1 amide bonds. The van der Waals surface area contributed by atoms with Crippen LogP contribution < -0.4 is 0 Å². The molecule has 92 valence electrons. The summed E-state index contributed by atoms with van der Waals surface area (Å²) in [6, 6.07) is 0. The van der Waals surface area contributed by atoms with Crippen molar-refractivity contribution in [2.45, 2.75) is 19.1 Å². The standard InChI is InChI=1S/C11H14ClN3O2/c1-8-5-15(6-10(2-12)17-8)11(16)9-3-13-7-14-4-9/h3-4,7-8,10H,2,5-6H2,1H3. The molecule has 0 bridgehead atoms. The summed E-state index contributed by atoms with van der Waals surface area (Å²) in [5, 5.41) is 0. The van der Waals surface area contributed by atoms with Gasteiger partial charge in [0.25, 0.3) is 5.91 Å². The molecule has 0 N–H and O–H groups in total. The average Bonchev–Trinajstić information content (AvgIpc) is 2.38. The lowest BCUT2D eigenvalue weighted by molar-refractivity contribution is -0.0570. The number of amides is 1. The van der Waals surface area contributed by atoms with Crippen molar-refractivity contribution in [2.75, 3.05) is 19.0 Å². The van der Waals surface area contributed by atoms with E-state index in [1.54, 1.807) is 4.90 Å². The van der Waals surface area contributed by atoms with Crippen LogP contribution in [-0.4, -0.2) is 52.0 Å². The van der Waals surface area contributed by atoms with Gasteiger partial charge in [-0.15, -0.1) is 11.6 Å². The fraction of sp³-hybridized carbons (Fsp3) is 0.545. The molecule has 1 aromatic heterocycles. The van der Waals surface area contributed by atoms with Gasteiger partial charge in [-0.2, -0.15) is 0 Å². The van der Waals surface area contributed by atoms with E-state index in [1.165, 1.54) is 18.7 Å². The number of nitrogens with zero attached hydrogens (tertiary/aromatic N) is 3. The third kappa shape index (κ3) is 2.92. The van der Waals surface area contributed by atoms with Gasteiger partial charge in [0.15, 0.2) is 0 Å². The number of alkyl halides is 1. The average molecular weight is 256 g/mol. The molecule has 0 aromatic carbocycles. The molecule has 1 saturated heterocycles. The number of carbonyl (C=O) groups excluding carboxylic acids is 1. The summed E-state index contributed by atoms with van der Waals surface area (Å²) in [6.45, 7) is 3.02. The minimum Gasteiger partial charge on any atom is -0.370 e. The number of aromatic nitrogens is 2. The largest absolute Gasteiger partial charge is 0.370 e. The zero-order valence-electron chi connectivity index (χ0n) is 9.54. The van der Waals surface area contributed by atoms with Crippen molar-refractivity contribution in [3.8, 4) is 0 Å². The molecule has 0 aliphatic carbocycles. The van der Waals surface area contributed by atoms with Crippen LogP contribution >= 0.6 is 11.6 Å². The SMILES string of the molecule is CC1CN(C(=O)c2cncnc2)CC(CCl)O1. The van der Waals surface area contributed by atoms with E-state index in [1.807, 2.05) is 6.92 Å². The summed E-state index contributed by atoms with van der Waals surface area (Å²) >= 11 is 5.77. The number of carbonyl (C=O) groups is 1. The molecule has 0 radical (unpaired) electrons. The first kappa shape index (κ1) is 12.3. The van der Waals surface area contributed by atoms with E-state index in [-0.39, 0.29) is 18.1 Å². The first-order valence-electron chi connectivity index (χ1n) is 5.46. The van der Waals surface area contributed by atoms with Gasteiger partial charge in [-0.25, -0.2) is 9.97 Å². The molecular weight excluding hydrogens is 242 g/mol. The van der Waals surface area contributed by atoms with Crippen LogP contribution in [0.1, 0.15) is 17.3 Å². The van der Waals surface area contributed by atoms with Gasteiger partial charge in [0.1, 0.15) is 6.33 Å². The molecule has 0 spiro atoms. The Kier molecular flexibility index (Phi) is 3.91. The molecule has 1 aliphatic rings. The summed E-state index contributed by atoms with van der Waals surface area (Å²) in [7, 11) is 0. The van der Waals surface area contributed by atoms with Crippen LogP contribution in [0.4, 0.5) is 0 Å². The number of hydrogen-bond donors (Lipinski definition) is 0. The van der Waals surface area contributed by atoms with Crippen molar-refractivity contribution in [2.24, 2.45) is 0 Å². The van der Waals surface area contributed by atoms with Crippen molar-refractivity contribution in [1.29, 1.82) is 0 Å². The number of halogens is 1. The van der Waals surface area contributed by atoms with Crippen LogP contribution in [0.2, 0.25) is 0 Å². The number of rotatable bonds is 2. The van der Waals surface area contributed by atoms with E-state index in [0.717, 1.165) is 0 Å². The maximum Gasteiger partial charge on any atom is 0.257 e. The highest BCUT2D eigenvalue weighted by Gasteiger charge is 2.28. The van der Waals surface area contributed by atoms with Crippen LogP contribution in [0.25, 0.3) is 0 Å². The molecule has 2 atom stereocenters. The molecule has 2 rings (SSSR count). The Morgan fingerprint density at radius 2 is 2.24 bits per heavy atom. The Hall–Kier alpha value is -1.20. The first-order chi connectivity index (χ1) is 8.20.